The van der Waals surface area contributed by atoms with Crippen molar-refractivity contribution in [3.05, 3.63) is 0 Å². The molecule has 5 heteroatoms. The Kier molecular flexibility index (Phi) is 5.81. The summed E-state index contributed by atoms with van der Waals surface area (Å²) in [6.07, 6.45) is 4.78. The number of likely N-dealkylation sites (N-methyl/N-ethyl adjacent to an activating group) is 1. The molecule has 3 atom stereocenters. The molecule has 0 amide bonds. The summed E-state index contributed by atoms with van der Waals surface area (Å²) in [6.45, 7) is 4.58. The Bertz CT molecular complexity index is 324. The number of carbonyl (C=O) groups excluding carboxylic acids is 1. The Morgan fingerprint density at radius 2 is 2.20 bits per heavy atom. The van der Waals surface area contributed by atoms with Gasteiger partial charge in [-0.15, -0.1) is 0 Å². The summed E-state index contributed by atoms with van der Waals surface area (Å²) in [7, 11) is 5.54. The first-order valence-electron chi connectivity index (χ1n) is 7.83. The highest BCUT2D eigenvalue weighted by molar-refractivity contribution is 5.75. The summed E-state index contributed by atoms with van der Waals surface area (Å²) in [5.74, 6) is 0.661. The first-order chi connectivity index (χ1) is 9.65. The summed E-state index contributed by atoms with van der Waals surface area (Å²) in [5.41, 5.74) is 0. The Labute approximate surface area is 122 Å². The van der Waals surface area contributed by atoms with Gasteiger partial charge in [0.2, 0.25) is 0 Å². The van der Waals surface area contributed by atoms with E-state index in [9.17, 15) is 4.79 Å². The molecule has 1 N–H and O–H groups in total. The minimum Gasteiger partial charge on any atom is -0.468 e. The number of fused-ring (bicyclic) bond motifs is 1. The van der Waals surface area contributed by atoms with Gasteiger partial charge in [-0.05, 0) is 58.8 Å². The highest BCUT2D eigenvalue weighted by Crippen LogP contribution is 2.29. The van der Waals surface area contributed by atoms with Crippen molar-refractivity contribution in [1.29, 1.82) is 0 Å². The number of piperidine rings is 2. The maximum atomic E-state index is 11.6. The lowest BCUT2D eigenvalue weighted by Crippen LogP contribution is -2.53. The molecule has 116 valence electrons. The van der Waals surface area contributed by atoms with Crippen molar-refractivity contribution in [2.75, 3.05) is 47.4 Å². The molecule has 2 fully saturated rings. The van der Waals surface area contributed by atoms with Gasteiger partial charge >= 0.3 is 5.97 Å². The topological polar surface area (TPSA) is 44.8 Å². The number of likely N-dealkylation sites (tertiary alicyclic amines) is 2. The monoisotopic (exact) mass is 283 g/mol. The molecule has 0 aromatic rings. The molecule has 2 aliphatic heterocycles. The Morgan fingerprint density at radius 1 is 1.40 bits per heavy atom. The quantitative estimate of drug-likeness (QED) is 0.747. The van der Waals surface area contributed by atoms with E-state index in [1.54, 1.807) is 0 Å². The lowest BCUT2D eigenvalue weighted by atomic mass is 9.84. The lowest BCUT2D eigenvalue weighted by Gasteiger charge is -2.46. The maximum Gasteiger partial charge on any atom is 0.322 e. The molecule has 0 aliphatic carbocycles. The van der Waals surface area contributed by atoms with Crippen LogP contribution in [0.4, 0.5) is 0 Å². The molecule has 0 bridgehead atoms. The zero-order valence-corrected chi connectivity index (χ0v) is 13.1. The smallest absolute Gasteiger partial charge is 0.322 e. The van der Waals surface area contributed by atoms with E-state index in [0.717, 1.165) is 31.5 Å². The van der Waals surface area contributed by atoms with E-state index in [1.165, 1.54) is 39.5 Å². The van der Waals surface area contributed by atoms with Gasteiger partial charge in [-0.25, -0.2) is 0 Å². The molecule has 2 rings (SSSR count). The predicted molar refractivity (Wildman–Crippen MR) is 79.7 cm³/mol. The minimum atomic E-state index is -0.174. The van der Waals surface area contributed by atoms with Crippen LogP contribution in [0.25, 0.3) is 0 Å². The molecular weight excluding hydrogens is 254 g/mol. The normalized spacial score (nSPS) is 29.8. The molecule has 20 heavy (non-hydrogen) atoms. The number of nitrogens with zero attached hydrogens (tertiary/aromatic N) is 2. The fourth-order valence-corrected chi connectivity index (χ4v) is 3.76. The third-order valence-corrected chi connectivity index (χ3v) is 5.00. The van der Waals surface area contributed by atoms with Crippen molar-refractivity contribution in [1.82, 2.24) is 15.1 Å². The van der Waals surface area contributed by atoms with Crippen LogP contribution in [0.3, 0.4) is 0 Å². The van der Waals surface area contributed by atoms with Crippen LogP contribution in [0.5, 0.6) is 0 Å². The molecule has 2 heterocycles. The fraction of sp³-hybridized carbons (Fsp3) is 0.933. The van der Waals surface area contributed by atoms with Gasteiger partial charge in [0.15, 0.2) is 0 Å². The van der Waals surface area contributed by atoms with Gasteiger partial charge in [-0.3, -0.25) is 4.79 Å². The van der Waals surface area contributed by atoms with Gasteiger partial charge in [0.05, 0.1) is 7.11 Å². The fourth-order valence-electron chi connectivity index (χ4n) is 3.76. The van der Waals surface area contributed by atoms with Crippen molar-refractivity contribution >= 4 is 5.97 Å². The first kappa shape index (κ1) is 15.7. The molecular formula is C15H29N3O2. The van der Waals surface area contributed by atoms with E-state index in [4.69, 9.17) is 4.74 Å². The first-order valence-corrected chi connectivity index (χ1v) is 7.83. The van der Waals surface area contributed by atoms with Crippen LogP contribution >= 0.6 is 0 Å². The van der Waals surface area contributed by atoms with Gasteiger partial charge in [-0.1, -0.05) is 0 Å². The van der Waals surface area contributed by atoms with Gasteiger partial charge in [-0.2, -0.15) is 0 Å². The number of hydrogen-bond acceptors (Lipinski definition) is 5. The van der Waals surface area contributed by atoms with E-state index < -0.39 is 0 Å². The molecule has 2 saturated heterocycles. The molecule has 3 unspecified atom stereocenters. The Balaban J connectivity index is 1.79. The highest BCUT2D eigenvalue weighted by atomic mass is 16.5. The van der Waals surface area contributed by atoms with Gasteiger partial charge < -0.3 is 19.9 Å². The molecule has 0 aromatic carbocycles. The van der Waals surface area contributed by atoms with Gasteiger partial charge in [0.25, 0.3) is 0 Å². The average Bonchev–Trinajstić information content (AvgIpc) is 2.47. The lowest BCUT2D eigenvalue weighted by molar-refractivity contribution is -0.143. The summed E-state index contributed by atoms with van der Waals surface area (Å²) >= 11 is 0. The average molecular weight is 283 g/mol. The molecule has 0 radical (unpaired) electrons. The van der Waals surface area contributed by atoms with E-state index in [-0.39, 0.29) is 12.0 Å². The number of carbonyl (C=O) groups is 1. The van der Waals surface area contributed by atoms with E-state index in [1.807, 2.05) is 7.05 Å². The van der Waals surface area contributed by atoms with Crippen molar-refractivity contribution in [3.8, 4) is 0 Å². The van der Waals surface area contributed by atoms with Crippen molar-refractivity contribution < 1.29 is 9.53 Å². The number of hydrogen-bond donors (Lipinski definition) is 1. The number of nitrogens with one attached hydrogen (secondary N) is 1. The van der Waals surface area contributed by atoms with Crippen LogP contribution < -0.4 is 5.32 Å². The van der Waals surface area contributed by atoms with E-state index in [0.29, 0.717) is 0 Å². The molecule has 0 aromatic heterocycles. The third kappa shape index (κ3) is 3.71. The van der Waals surface area contributed by atoms with Crippen molar-refractivity contribution in [3.63, 3.8) is 0 Å². The highest BCUT2D eigenvalue weighted by Gasteiger charge is 2.34. The molecule has 2 aliphatic rings. The van der Waals surface area contributed by atoms with Crippen LogP contribution in [0.1, 0.15) is 25.7 Å². The van der Waals surface area contributed by atoms with Crippen LogP contribution in [0.15, 0.2) is 0 Å². The van der Waals surface area contributed by atoms with Crippen LogP contribution in [0.2, 0.25) is 0 Å². The molecule has 5 nitrogen and oxygen atoms in total. The molecule has 0 saturated carbocycles. The number of esters is 1. The number of methoxy groups -OCH3 is 1. The van der Waals surface area contributed by atoms with Crippen LogP contribution in [0, 0.1) is 5.92 Å². The van der Waals surface area contributed by atoms with Crippen LogP contribution in [-0.2, 0) is 9.53 Å². The minimum absolute atomic E-state index is 0.153. The second-order valence-electron chi connectivity index (χ2n) is 6.19. The number of ether oxygens (including phenoxy) is 1. The largest absolute Gasteiger partial charge is 0.468 e. The number of rotatable bonds is 5. The summed E-state index contributed by atoms with van der Waals surface area (Å²) in [6, 6.07) is 0.604. The van der Waals surface area contributed by atoms with Crippen LogP contribution in [-0.4, -0.2) is 75.2 Å². The van der Waals surface area contributed by atoms with Crippen molar-refractivity contribution in [2.24, 2.45) is 5.92 Å². The summed E-state index contributed by atoms with van der Waals surface area (Å²) in [4.78, 5) is 16.6. The Morgan fingerprint density at radius 3 is 2.90 bits per heavy atom. The SMILES string of the molecule is CNC(CCN1CCC2C(CCCN2C)C1)C(=O)OC. The van der Waals surface area contributed by atoms with E-state index in [2.05, 4.69) is 22.2 Å². The zero-order chi connectivity index (χ0) is 14.5. The van der Waals surface area contributed by atoms with Crippen molar-refractivity contribution in [2.45, 2.75) is 37.8 Å². The standard InChI is InChI=1S/C15H29N3O2/c1-16-13(15(19)20-3)6-9-18-10-7-14-12(11-18)5-4-8-17(14)2/h12-14,16H,4-11H2,1-3H3. The van der Waals surface area contributed by atoms with E-state index >= 15 is 0 Å². The molecule has 0 spiro atoms. The predicted octanol–water partition coefficient (Wildman–Crippen LogP) is 0.554. The second kappa shape index (κ2) is 7.38. The summed E-state index contributed by atoms with van der Waals surface area (Å²) < 4.78 is 4.82. The summed E-state index contributed by atoms with van der Waals surface area (Å²) in [5, 5.41) is 3.05. The van der Waals surface area contributed by atoms with Gasteiger partial charge in [0, 0.05) is 19.1 Å². The Hall–Kier alpha value is -0.650. The van der Waals surface area contributed by atoms with Gasteiger partial charge in [0.1, 0.15) is 6.04 Å². The maximum absolute atomic E-state index is 11.6. The third-order valence-electron chi connectivity index (χ3n) is 5.00. The second-order valence-corrected chi connectivity index (χ2v) is 6.19. The zero-order valence-electron chi connectivity index (χ0n) is 13.1.